The summed E-state index contributed by atoms with van der Waals surface area (Å²) in [5.74, 6) is 0. The van der Waals surface area contributed by atoms with E-state index in [0.29, 0.717) is 16.7 Å². The maximum atomic E-state index is 11.6. The lowest BCUT2D eigenvalue weighted by atomic mass is 10.2. The Hall–Kier alpha value is -2.38. The molecule has 0 bridgehead atoms. The molecule has 0 atom stereocenters. The van der Waals surface area contributed by atoms with Crippen molar-refractivity contribution < 1.29 is 4.92 Å². The number of nitro groups is 1. The van der Waals surface area contributed by atoms with Gasteiger partial charge in [-0.25, -0.2) is 4.68 Å². The van der Waals surface area contributed by atoms with Gasteiger partial charge in [-0.1, -0.05) is 23.2 Å². The average Bonchev–Trinajstić information content (AvgIpc) is 2.86. The van der Waals surface area contributed by atoms with Crippen LogP contribution in [0.4, 0.5) is 5.69 Å². The molecule has 0 amide bonds. The number of hydrogen-bond donors (Lipinski definition) is 0. The first kappa shape index (κ1) is 14.6. The van der Waals surface area contributed by atoms with Gasteiger partial charge in [0.1, 0.15) is 5.69 Å². The molecule has 0 saturated heterocycles. The van der Waals surface area contributed by atoms with Crippen molar-refractivity contribution in [1.29, 1.82) is 0 Å². The minimum Gasteiger partial charge on any atom is -0.308 e. The molecule has 1 aromatic carbocycles. The summed E-state index contributed by atoms with van der Waals surface area (Å²) in [5, 5.41) is 15.2. The van der Waals surface area contributed by atoms with Gasteiger partial charge in [-0.15, -0.1) is 0 Å². The summed E-state index contributed by atoms with van der Waals surface area (Å²) in [6, 6.07) is 5.41. The maximum absolute atomic E-state index is 11.6. The van der Waals surface area contributed by atoms with E-state index >= 15 is 0 Å². The Kier molecular flexibility index (Phi) is 3.38. The zero-order chi connectivity index (χ0) is 16.0. The van der Waals surface area contributed by atoms with Crippen molar-refractivity contribution in [3.05, 3.63) is 61.0 Å². The minimum atomic E-state index is -0.577. The predicted molar refractivity (Wildman–Crippen MR) is 83.0 cm³/mol. The van der Waals surface area contributed by atoms with E-state index in [1.807, 2.05) is 0 Å². The SMILES string of the molecule is Cn1c(=O)ccc2c1cnn2-c1c(Cl)cc([N+](=O)[O-])cc1Cl. The van der Waals surface area contributed by atoms with Crippen LogP contribution >= 0.6 is 23.2 Å². The number of halogens is 2. The largest absolute Gasteiger partial charge is 0.308 e. The monoisotopic (exact) mass is 338 g/mol. The molecule has 0 aliphatic rings. The van der Waals surface area contributed by atoms with Gasteiger partial charge >= 0.3 is 0 Å². The standard InChI is InChI=1S/C13H8Cl2N4O3/c1-17-11-6-16-18(10(11)2-3-12(17)20)13-8(14)4-7(19(21)22)5-9(13)15/h2-6H,1H3. The Morgan fingerprint density at radius 2 is 1.82 bits per heavy atom. The molecular weight excluding hydrogens is 331 g/mol. The van der Waals surface area contributed by atoms with Crippen LogP contribution in [0.15, 0.2) is 35.3 Å². The van der Waals surface area contributed by atoms with Crippen molar-refractivity contribution in [1.82, 2.24) is 14.3 Å². The smallest absolute Gasteiger partial charge is 0.272 e. The topological polar surface area (TPSA) is 83.0 Å². The molecule has 2 aromatic heterocycles. The zero-order valence-corrected chi connectivity index (χ0v) is 12.7. The van der Waals surface area contributed by atoms with Gasteiger partial charge in [0.05, 0.1) is 32.2 Å². The fourth-order valence-corrected chi connectivity index (χ4v) is 2.82. The highest BCUT2D eigenvalue weighted by Crippen LogP contribution is 2.34. The van der Waals surface area contributed by atoms with Crippen LogP contribution in [-0.4, -0.2) is 19.3 Å². The summed E-state index contributed by atoms with van der Waals surface area (Å²) < 4.78 is 2.88. The first-order chi connectivity index (χ1) is 10.4. The highest BCUT2D eigenvalue weighted by molar-refractivity contribution is 6.38. The van der Waals surface area contributed by atoms with Crippen molar-refractivity contribution in [2.45, 2.75) is 0 Å². The molecule has 0 aliphatic carbocycles. The van der Waals surface area contributed by atoms with Crippen LogP contribution in [0.3, 0.4) is 0 Å². The molecule has 0 fully saturated rings. The van der Waals surface area contributed by atoms with Crippen LogP contribution in [0.25, 0.3) is 16.7 Å². The molecule has 2 heterocycles. The van der Waals surface area contributed by atoms with Crippen LogP contribution in [0.1, 0.15) is 0 Å². The molecule has 0 aliphatic heterocycles. The lowest BCUT2D eigenvalue weighted by molar-refractivity contribution is -0.384. The minimum absolute atomic E-state index is 0.0954. The first-order valence-electron chi connectivity index (χ1n) is 6.07. The third-order valence-electron chi connectivity index (χ3n) is 3.29. The van der Waals surface area contributed by atoms with Gasteiger partial charge in [0.2, 0.25) is 0 Å². The first-order valence-corrected chi connectivity index (χ1v) is 6.83. The second-order valence-corrected chi connectivity index (χ2v) is 5.39. The fraction of sp³-hybridized carbons (Fsp3) is 0.0769. The number of non-ortho nitro benzene ring substituents is 1. The van der Waals surface area contributed by atoms with E-state index in [9.17, 15) is 14.9 Å². The molecule has 0 unspecified atom stereocenters. The number of nitro benzene ring substituents is 1. The number of hydrogen-bond acceptors (Lipinski definition) is 4. The quantitative estimate of drug-likeness (QED) is 0.531. The van der Waals surface area contributed by atoms with Crippen LogP contribution < -0.4 is 5.56 Å². The second-order valence-electron chi connectivity index (χ2n) is 4.57. The van der Waals surface area contributed by atoms with Gasteiger partial charge in [0.25, 0.3) is 11.2 Å². The van der Waals surface area contributed by atoms with Crippen LogP contribution in [-0.2, 0) is 7.05 Å². The molecule has 0 N–H and O–H groups in total. The van der Waals surface area contributed by atoms with Crippen LogP contribution in [0.2, 0.25) is 10.0 Å². The summed E-state index contributed by atoms with van der Waals surface area (Å²) >= 11 is 12.2. The summed E-state index contributed by atoms with van der Waals surface area (Å²) in [7, 11) is 1.62. The number of pyridine rings is 1. The van der Waals surface area contributed by atoms with E-state index in [1.54, 1.807) is 13.1 Å². The average molecular weight is 339 g/mol. The highest BCUT2D eigenvalue weighted by Gasteiger charge is 2.18. The molecule has 3 rings (SSSR count). The van der Waals surface area contributed by atoms with Crippen molar-refractivity contribution in [2.24, 2.45) is 7.05 Å². The summed E-state index contributed by atoms with van der Waals surface area (Å²) in [6.07, 6.45) is 1.50. The summed E-state index contributed by atoms with van der Waals surface area (Å²) in [5.41, 5.74) is 1.15. The molecule has 112 valence electrons. The van der Waals surface area contributed by atoms with Gasteiger partial charge in [-0.2, -0.15) is 5.10 Å². The molecule has 3 aromatic rings. The lowest BCUT2D eigenvalue weighted by Crippen LogP contribution is -2.14. The Morgan fingerprint density at radius 3 is 2.41 bits per heavy atom. The lowest BCUT2D eigenvalue weighted by Gasteiger charge is -2.09. The van der Waals surface area contributed by atoms with E-state index < -0.39 is 4.92 Å². The number of aryl methyl sites for hydroxylation is 1. The van der Waals surface area contributed by atoms with Crippen LogP contribution in [0, 0.1) is 10.1 Å². The van der Waals surface area contributed by atoms with Gasteiger partial charge in [-0.05, 0) is 6.07 Å². The predicted octanol–water partition coefficient (Wildman–Crippen LogP) is 2.94. The number of fused-ring (bicyclic) bond motifs is 1. The highest BCUT2D eigenvalue weighted by atomic mass is 35.5. The number of rotatable bonds is 2. The molecule has 0 saturated carbocycles. The number of benzene rings is 1. The third kappa shape index (κ3) is 2.15. The van der Waals surface area contributed by atoms with E-state index in [4.69, 9.17) is 23.2 Å². The van der Waals surface area contributed by atoms with Crippen molar-refractivity contribution in [2.75, 3.05) is 0 Å². The van der Waals surface area contributed by atoms with Crippen LogP contribution in [0.5, 0.6) is 0 Å². The van der Waals surface area contributed by atoms with E-state index in [-0.39, 0.29) is 21.3 Å². The van der Waals surface area contributed by atoms with E-state index in [1.165, 1.54) is 33.6 Å². The molecule has 7 nitrogen and oxygen atoms in total. The number of nitrogens with zero attached hydrogens (tertiary/aromatic N) is 4. The Morgan fingerprint density at radius 1 is 1.18 bits per heavy atom. The Balaban J connectivity index is 2.31. The van der Waals surface area contributed by atoms with Crippen molar-refractivity contribution in [3.63, 3.8) is 0 Å². The van der Waals surface area contributed by atoms with Gasteiger partial charge < -0.3 is 4.57 Å². The molecule has 0 spiro atoms. The molecule has 22 heavy (non-hydrogen) atoms. The molecule has 0 radical (unpaired) electrons. The molecule has 9 heteroatoms. The van der Waals surface area contributed by atoms with Crippen molar-refractivity contribution in [3.8, 4) is 5.69 Å². The van der Waals surface area contributed by atoms with E-state index in [2.05, 4.69) is 5.10 Å². The summed E-state index contributed by atoms with van der Waals surface area (Å²) in [4.78, 5) is 21.9. The zero-order valence-electron chi connectivity index (χ0n) is 11.2. The fourth-order valence-electron chi connectivity index (χ4n) is 2.18. The van der Waals surface area contributed by atoms with Gasteiger partial charge in [-0.3, -0.25) is 14.9 Å². The van der Waals surface area contributed by atoms with E-state index in [0.717, 1.165) is 0 Å². The Bertz CT molecular complexity index is 954. The third-order valence-corrected chi connectivity index (χ3v) is 3.86. The van der Waals surface area contributed by atoms with Gasteiger partial charge in [0.15, 0.2) is 0 Å². The van der Waals surface area contributed by atoms with Crippen molar-refractivity contribution >= 4 is 39.9 Å². The molecular formula is C13H8Cl2N4O3. The number of aromatic nitrogens is 3. The maximum Gasteiger partial charge on any atom is 0.272 e. The van der Waals surface area contributed by atoms with Gasteiger partial charge in [0, 0.05) is 25.2 Å². The normalized spacial score (nSPS) is 11.0. The second kappa shape index (κ2) is 5.11. The summed E-state index contributed by atoms with van der Waals surface area (Å²) in [6.45, 7) is 0. The Labute approximate surface area is 133 Å².